The van der Waals surface area contributed by atoms with Gasteiger partial charge in [-0.25, -0.2) is 4.39 Å². The Morgan fingerprint density at radius 2 is 1.79 bits per heavy atom. The molecule has 2 nitrogen and oxygen atoms in total. The largest absolute Gasteiger partial charge is 0.381 e. The molecule has 0 fully saturated rings. The van der Waals surface area contributed by atoms with Gasteiger partial charge in [-0.1, -0.05) is 41.4 Å². The maximum atomic E-state index is 13.3. The molecule has 2 rings (SSSR count). The fraction of sp³-hybridized carbons (Fsp3) is 0.0714. The Balaban J connectivity index is 2.17. The van der Waals surface area contributed by atoms with E-state index in [-0.39, 0.29) is 10.0 Å². The Morgan fingerprint density at radius 3 is 2.42 bits per heavy atom. The fourth-order valence-electron chi connectivity index (χ4n) is 1.64. The Morgan fingerprint density at radius 1 is 1.16 bits per heavy atom. The highest BCUT2D eigenvalue weighted by atomic mass is 35.5. The average Bonchev–Trinajstić information content (AvgIpc) is 2.42. The quantitative estimate of drug-likeness (QED) is 0.839. The Bertz CT molecular complexity index is 627. The normalized spacial score (nSPS) is 10.0. The third-order valence-electron chi connectivity index (χ3n) is 2.60. The minimum atomic E-state index is -0.633. The second-order valence-corrected chi connectivity index (χ2v) is 4.69. The van der Waals surface area contributed by atoms with Crippen molar-refractivity contribution in [1.82, 2.24) is 0 Å². The van der Waals surface area contributed by atoms with E-state index in [4.69, 9.17) is 28.5 Å². The second kappa shape index (κ2) is 5.92. The van der Waals surface area contributed by atoms with Crippen LogP contribution in [0.3, 0.4) is 0 Å². The number of nitrogens with one attached hydrogen (secondary N) is 1. The number of benzene rings is 2. The standard InChI is InChI=1S/C14H9Cl2FN2/c15-12-5-11(6-13(16)14(12)17)19-8-10-4-2-1-3-9(10)7-18/h1-6,19H,8H2. The molecule has 0 aliphatic carbocycles. The number of rotatable bonds is 3. The van der Waals surface area contributed by atoms with Crippen molar-refractivity contribution in [2.75, 3.05) is 5.32 Å². The van der Waals surface area contributed by atoms with Crippen LogP contribution < -0.4 is 5.32 Å². The molecule has 0 heterocycles. The highest BCUT2D eigenvalue weighted by Crippen LogP contribution is 2.27. The van der Waals surface area contributed by atoms with E-state index < -0.39 is 5.82 Å². The van der Waals surface area contributed by atoms with Crippen molar-refractivity contribution >= 4 is 28.9 Å². The molecule has 0 spiro atoms. The number of anilines is 1. The van der Waals surface area contributed by atoms with Crippen LogP contribution in [0.5, 0.6) is 0 Å². The first kappa shape index (κ1) is 13.7. The predicted molar refractivity (Wildman–Crippen MR) is 74.9 cm³/mol. The van der Waals surface area contributed by atoms with Crippen molar-refractivity contribution in [3.05, 3.63) is 63.4 Å². The molecule has 0 radical (unpaired) electrons. The van der Waals surface area contributed by atoms with E-state index in [1.807, 2.05) is 12.1 Å². The molecule has 0 saturated heterocycles. The number of nitrogens with zero attached hydrogens (tertiary/aromatic N) is 1. The van der Waals surface area contributed by atoms with Crippen molar-refractivity contribution < 1.29 is 4.39 Å². The lowest BCUT2D eigenvalue weighted by Crippen LogP contribution is -2.01. The minimum Gasteiger partial charge on any atom is -0.381 e. The maximum Gasteiger partial charge on any atom is 0.160 e. The van der Waals surface area contributed by atoms with Gasteiger partial charge in [0.25, 0.3) is 0 Å². The average molecular weight is 295 g/mol. The molecule has 2 aromatic rings. The second-order valence-electron chi connectivity index (χ2n) is 3.88. The van der Waals surface area contributed by atoms with Crippen molar-refractivity contribution in [2.45, 2.75) is 6.54 Å². The summed E-state index contributed by atoms with van der Waals surface area (Å²) in [5, 5.41) is 12.0. The van der Waals surface area contributed by atoms with Gasteiger partial charge in [-0.05, 0) is 23.8 Å². The maximum absolute atomic E-state index is 13.3. The topological polar surface area (TPSA) is 35.8 Å². The third kappa shape index (κ3) is 3.17. The van der Waals surface area contributed by atoms with Crippen LogP contribution >= 0.6 is 23.2 Å². The summed E-state index contributed by atoms with van der Waals surface area (Å²) < 4.78 is 13.3. The zero-order chi connectivity index (χ0) is 13.8. The van der Waals surface area contributed by atoms with Gasteiger partial charge in [0.1, 0.15) is 0 Å². The van der Waals surface area contributed by atoms with Gasteiger partial charge < -0.3 is 5.32 Å². The van der Waals surface area contributed by atoms with Crippen molar-refractivity contribution in [3.8, 4) is 6.07 Å². The van der Waals surface area contributed by atoms with Crippen LogP contribution in [0.1, 0.15) is 11.1 Å². The molecule has 0 unspecified atom stereocenters. The smallest absolute Gasteiger partial charge is 0.160 e. The molecule has 0 bridgehead atoms. The van der Waals surface area contributed by atoms with Crippen LogP contribution in [-0.2, 0) is 6.54 Å². The first-order valence-electron chi connectivity index (χ1n) is 5.48. The predicted octanol–water partition coefficient (Wildman–Crippen LogP) is 4.62. The molecule has 0 atom stereocenters. The fourth-order valence-corrected chi connectivity index (χ4v) is 2.13. The summed E-state index contributed by atoms with van der Waals surface area (Å²) in [5.41, 5.74) is 2.04. The number of hydrogen-bond acceptors (Lipinski definition) is 2. The lowest BCUT2D eigenvalue weighted by molar-refractivity contribution is 0.629. The van der Waals surface area contributed by atoms with E-state index in [1.54, 1.807) is 12.1 Å². The minimum absolute atomic E-state index is 0.0384. The summed E-state index contributed by atoms with van der Waals surface area (Å²) in [6.07, 6.45) is 0. The lowest BCUT2D eigenvalue weighted by atomic mass is 10.1. The van der Waals surface area contributed by atoms with Gasteiger partial charge in [-0.3, -0.25) is 0 Å². The molecule has 0 aliphatic heterocycles. The molecule has 0 aliphatic rings. The van der Waals surface area contributed by atoms with E-state index >= 15 is 0 Å². The summed E-state index contributed by atoms with van der Waals surface area (Å²) in [7, 11) is 0. The van der Waals surface area contributed by atoms with Gasteiger partial charge in [0.15, 0.2) is 5.82 Å². The summed E-state index contributed by atoms with van der Waals surface area (Å²) >= 11 is 11.4. The first-order valence-corrected chi connectivity index (χ1v) is 6.24. The molecule has 5 heteroatoms. The monoisotopic (exact) mass is 294 g/mol. The van der Waals surface area contributed by atoms with Crippen LogP contribution in [-0.4, -0.2) is 0 Å². The van der Waals surface area contributed by atoms with Gasteiger partial charge in [0, 0.05) is 12.2 Å². The van der Waals surface area contributed by atoms with E-state index in [9.17, 15) is 4.39 Å². The van der Waals surface area contributed by atoms with Crippen LogP contribution in [0, 0.1) is 17.1 Å². The van der Waals surface area contributed by atoms with Gasteiger partial charge in [0.05, 0.1) is 21.7 Å². The van der Waals surface area contributed by atoms with E-state index in [0.29, 0.717) is 17.8 Å². The number of hydrogen-bond donors (Lipinski definition) is 1. The van der Waals surface area contributed by atoms with Gasteiger partial charge in [-0.15, -0.1) is 0 Å². The molecular formula is C14H9Cl2FN2. The van der Waals surface area contributed by atoms with Crippen molar-refractivity contribution in [2.24, 2.45) is 0 Å². The summed E-state index contributed by atoms with van der Waals surface area (Å²) in [4.78, 5) is 0. The van der Waals surface area contributed by atoms with E-state index in [1.165, 1.54) is 12.1 Å². The first-order chi connectivity index (χ1) is 9.11. The van der Waals surface area contributed by atoms with E-state index in [0.717, 1.165) is 5.56 Å². The summed E-state index contributed by atoms with van der Waals surface area (Å²) in [6.45, 7) is 0.433. The highest BCUT2D eigenvalue weighted by Gasteiger charge is 2.08. The van der Waals surface area contributed by atoms with Crippen LogP contribution in [0.15, 0.2) is 36.4 Å². The van der Waals surface area contributed by atoms with E-state index in [2.05, 4.69) is 11.4 Å². The Hall–Kier alpha value is -1.76. The number of halogens is 3. The molecule has 0 saturated carbocycles. The van der Waals surface area contributed by atoms with Crippen LogP contribution in [0.4, 0.5) is 10.1 Å². The molecule has 0 aromatic heterocycles. The zero-order valence-electron chi connectivity index (χ0n) is 9.75. The molecular weight excluding hydrogens is 286 g/mol. The molecule has 19 heavy (non-hydrogen) atoms. The molecule has 2 aromatic carbocycles. The van der Waals surface area contributed by atoms with Gasteiger partial charge in [0.2, 0.25) is 0 Å². The third-order valence-corrected chi connectivity index (χ3v) is 3.15. The molecule has 1 N–H and O–H groups in total. The van der Waals surface area contributed by atoms with Crippen molar-refractivity contribution in [1.29, 1.82) is 5.26 Å². The Kier molecular flexibility index (Phi) is 4.26. The molecule has 96 valence electrons. The summed E-state index contributed by atoms with van der Waals surface area (Å²) in [6, 6.07) is 12.3. The van der Waals surface area contributed by atoms with Crippen LogP contribution in [0.2, 0.25) is 10.0 Å². The van der Waals surface area contributed by atoms with Crippen LogP contribution in [0.25, 0.3) is 0 Å². The van der Waals surface area contributed by atoms with Crippen molar-refractivity contribution in [3.63, 3.8) is 0 Å². The van der Waals surface area contributed by atoms with Gasteiger partial charge >= 0.3 is 0 Å². The highest BCUT2D eigenvalue weighted by molar-refractivity contribution is 6.35. The number of nitriles is 1. The molecule has 0 amide bonds. The van der Waals surface area contributed by atoms with Gasteiger partial charge in [-0.2, -0.15) is 5.26 Å². The Labute approximate surface area is 120 Å². The SMILES string of the molecule is N#Cc1ccccc1CNc1cc(Cl)c(F)c(Cl)c1. The lowest BCUT2D eigenvalue weighted by Gasteiger charge is -2.09. The summed E-state index contributed by atoms with van der Waals surface area (Å²) in [5.74, 6) is -0.633. The zero-order valence-corrected chi connectivity index (χ0v) is 11.3.